The van der Waals surface area contributed by atoms with E-state index in [1.807, 2.05) is 6.07 Å². The van der Waals surface area contributed by atoms with Crippen LogP contribution in [-0.4, -0.2) is 80.4 Å². The zero-order valence-electron chi connectivity index (χ0n) is 29.0. The Morgan fingerprint density at radius 3 is 1.94 bits per heavy atom. The molecule has 0 aliphatic heterocycles. The van der Waals surface area contributed by atoms with Gasteiger partial charge in [0.1, 0.15) is 12.1 Å². The van der Waals surface area contributed by atoms with Gasteiger partial charge in [-0.1, -0.05) is 84.2 Å². The van der Waals surface area contributed by atoms with Gasteiger partial charge in [-0.05, 0) is 36.2 Å². The van der Waals surface area contributed by atoms with Gasteiger partial charge in [0.2, 0.25) is 0 Å². The number of hydrazine groups is 1. The van der Waals surface area contributed by atoms with E-state index in [9.17, 15) is 24.0 Å². The molecule has 264 valence electrons. The number of alkyl carbamates (subject to hydrolysis) is 2. The molecule has 1 aliphatic carbocycles. The van der Waals surface area contributed by atoms with Crippen molar-refractivity contribution >= 4 is 29.8 Å². The topological polar surface area (TPSA) is 178 Å². The summed E-state index contributed by atoms with van der Waals surface area (Å²) in [6, 6.07) is 6.12. The van der Waals surface area contributed by atoms with Gasteiger partial charge >= 0.3 is 18.2 Å². The standard InChI is InChI=1S/C34H55N5O8/c1-8-26(40)47-25(27(28(35)24-17-13-10-14-18-24)31(41)29(21(2)3)36-33(43)45-6)20-39(19-23-15-11-9-12-16-23)38-32(42)30(22(4)5)37-34(44)46-7/h10,13-14,17-18,21-23,25,27-30H,8-9,11-12,15-16,19-20,35H2,1-7H3,(H,36,43)(H,37,44)(H,38,42)/t25-,27?,28?,29-,30-/m0/s1. The minimum atomic E-state index is -1.13. The van der Waals surface area contributed by atoms with Crippen molar-refractivity contribution in [1.29, 1.82) is 0 Å². The van der Waals surface area contributed by atoms with E-state index in [-0.39, 0.29) is 30.7 Å². The number of rotatable bonds is 17. The highest BCUT2D eigenvalue weighted by atomic mass is 16.5. The predicted molar refractivity (Wildman–Crippen MR) is 177 cm³/mol. The Bertz CT molecular complexity index is 1160. The molecule has 5 N–H and O–H groups in total. The molecule has 13 nitrogen and oxygen atoms in total. The highest BCUT2D eigenvalue weighted by Crippen LogP contribution is 2.30. The molecule has 13 heteroatoms. The van der Waals surface area contributed by atoms with Crippen molar-refractivity contribution in [2.75, 3.05) is 27.3 Å². The van der Waals surface area contributed by atoms with E-state index >= 15 is 0 Å². The van der Waals surface area contributed by atoms with E-state index in [2.05, 4.69) is 16.1 Å². The number of carbonyl (C=O) groups is 5. The van der Waals surface area contributed by atoms with Crippen LogP contribution in [-0.2, 0) is 28.6 Å². The van der Waals surface area contributed by atoms with Gasteiger partial charge in [-0.15, -0.1) is 0 Å². The molecule has 3 amide bonds. The molecule has 1 fully saturated rings. The summed E-state index contributed by atoms with van der Waals surface area (Å²) in [5.74, 6) is -3.00. The third-order valence-corrected chi connectivity index (χ3v) is 8.58. The monoisotopic (exact) mass is 661 g/mol. The van der Waals surface area contributed by atoms with Crippen LogP contribution in [0, 0.1) is 23.7 Å². The number of methoxy groups -OCH3 is 2. The van der Waals surface area contributed by atoms with E-state index in [0.29, 0.717) is 12.1 Å². The first kappa shape index (κ1) is 39.5. The molecule has 1 aromatic rings. The molecule has 0 saturated heterocycles. The van der Waals surface area contributed by atoms with Crippen molar-refractivity contribution in [3.05, 3.63) is 35.9 Å². The molecule has 0 bridgehead atoms. The van der Waals surface area contributed by atoms with E-state index < -0.39 is 60.0 Å². The lowest BCUT2D eigenvalue weighted by atomic mass is 9.80. The van der Waals surface area contributed by atoms with Crippen molar-refractivity contribution < 1.29 is 38.2 Å². The number of nitrogens with zero attached hydrogens (tertiary/aromatic N) is 1. The van der Waals surface area contributed by atoms with Gasteiger partial charge < -0.3 is 30.6 Å². The van der Waals surface area contributed by atoms with Gasteiger partial charge in [0.25, 0.3) is 5.91 Å². The minimum Gasteiger partial charge on any atom is -0.460 e. The highest BCUT2D eigenvalue weighted by Gasteiger charge is 2.43. The Kier molecular flexibility index (Phi) is 16.7. The molecule has 0 radical (unpaired) electrons. The second-order valence-electron chi connectivity index (χ2n) is 12.8. The quantitative estimate of drug-likeness (QED) is 0.109. The maximum absolute atomic E-state index is 14.5. The lowest BCUT2D eigenvalue weighted by Crippen LogP contribution is -2.59. The van der Waals surface area contributed by atoms with Crippen LogP contribution in [0.1, 0.15) is 84.7 Å². The number of esters is 1. The van der Waals surface area contributed by atoms with Gasteiger partial charge in [0, 0.05) is 19.0 Å². The summed E-state index contributed by atoms with van der Waals surface area (Å²) in [4.78, 5) is 65.5. The first-order valence-electron chi connectivity index (χ1n) is 16.6. The first-order chi connectivity index (χ1) is 22.3. The van der Waals surface area contributed by atoms with Crippen LogP contribution in [0.2, 0.25) is 0 Å². The van der Waals surface area contributed by atoms with Crippen molar-refractivity contribution in [1.82, 2.24) is 21.1 Å². The van der Waals surface area contributed by atoms with Gasteiger partial charge in [-0.3, -0.25) is 19.8 Å². The van der Waals surface area contributed by atoms with E-state index in [1.165, 1.54) is 14.2 Å². The highest BCUT2D eigenvalue weighted by molar-refractivity contribution is 5.91. The van der Waals surface area contributed by atoms with Gasteiger partial charge in [0.15, 0.2) is 5.78 Å². The Balaban J connectivity index is 2.62. The van der Waals surface area contributed by atoms with Crippen molar-refractivity contribution in [3.8, 4) is 0 Å². The van der Waals surface area contributed by atoms with Crippen LogP contribution in [0.4, 0.5) is 9.59 Å². The van der Waals surface area contributed by atoms with Gasteiger partial charge in [0.05, 0.1) is 32.7 Å². The lowest BCUT2D eigenvalue weighted by Gasteiger charge is -2.38. The number of hydrogen-bond acceptors (Lipinski definition) is 10. The number of Topliss-reactive ketones (excluding diaryl/α,β-unsaturated/α-hetero) is 1. The zero-order valence-corrected chi connectivity index (χ0v) is 29.0. The molecule has 5 atom stereocenters. The fourth-order valence-electron chi connectivity index (χ4n) is 5.92. The predicted octanol–water partition coefficient (Wildman–Crippen LogP) is 3.87. The molecule has 2 unspecified atom stereocenters. The summed E-state index contributed by atoms with van der Waals surface area (Å²) in [6.45, 7) is 9.16. The van der Waals surface area contributed by atoms with Crippen LogP contribution in [0.15, 0.2) is 30.3 Å². The smallest absolute Gasteiger partial charge is 0.407 e. The maximum Gasteiger partial charge on any atom is 0.407 e. The number of nitrogens with one attached hydrogen (secondary N) is 3. The number of amides is 3. The summed E-state index contributed by atoms with van der Waals surface area (Å²) < 4.78 is 15.6. The van der Waals surface area contributed by atoms with Crippen LogP contribution >= 0.6 is 0 Å². The SMILES string of the molecule is CCC(=O)O[C@@H](CN(CC1CCCCC1)NC(=O)[C@@H](NC(=O)OC)C(C)C)C(C(=O)[C@@H](NC(=O)OC)C(C)C)C(N)c1ccccc1. The molecule has 1 aromatic carbocycles. The zero-order chi connectivity index (χ0) is 35.1. The van der Waals surface area contributed by atoms with Crippen molar-refractivity contribution in [3.63, 3.8) is 0 Å². The third kappa shape index (κ3) is 12.4. The minimum absolute atomic E-state index is 0.0411. The van der Waals surface area contributed by atoms with Crippen LogP contribution in [0.5, 0.6) is 0 Å². The molecular weight excluding hydrogens is 606 g/mol. The van der Waals surface area contributed by atoms with Crippen molar-refractivity contribution in [2.24, 2.45) is 29.4 Å². The largest absolute Gasteiger partial charge is 0.460 e. The Morgan fingerprint density at radius 1 is 0.872 bits per heavy atom. The summed E-state index contributed by atoms with van der Waals surface area (Å²) in [5.41, 5.74) is 10.4. The van der Waals surface area contributed by atoms with Crippen LogP contribution in [0.25, 0.3) is 0 Å². The number of hydrogen-bond donors (Lipinski definition) is 4. The summed E-state index contributed by atoms with van der Waals surface area (Å²) >= 11 is 0. The molecule has 1 saturated carbocycles. The number of nitrogens with two attached hydrogens (primary N) is 1. The second-order valence-corrected chi connectivity index (χ2v) is 12.8. The molecule has 0 aromatic heterocycles. The Hall–Kier alpha value is -3.71. The number of ketones is 1. The van der Waals surface area contributed by atoms with E-state index in [1.54, 1.807) is 63.9 Å². The molecule has 0 heterocycles. The average Bonchev–Trinajstić information content (AvgIpc) is 3.05. The summed E-state index contributed by atoms with van der Waals surface area (Å²) in [6.07, 6.45) is 2.52. The van der Waals surface area contributed by atoms with E-state index in [0.717, 1.165) is 32.1 Å². The lowest BCUT2D eigenvalue weighted by molar-refractivity contribution is -0.157. The summed E-state index contributed by atoms with van der Waals surface area (Å²) in [7, 11) is 2.43. The fraction of sp³-hybridized carbons (Fsp3) is 0.676. The molecular formula is C34H55N5O8. The van der Waals surface area contributed by atoms with Gasteiger partial charge in [-0.25, -0.2) is 14.6 Å². The second kappa shape index (κ2) is 19.8. The number of ether oxygens (including phenoxy) is 3. The first-order valence-corrected chi connectivity index (χ1v) is 16.6. The third-order valence-electron chi connectivity index (χ3n) is 8.58. The number of carbonyl (C=O) groups excluding carboxylic acids is 5. The van der Waals surface area contributed by atoms with Crippen LogP contribution < -0.4 is 21.8 Å². The number of benzene rings is 1. The summed E-state index contributed by atoms with van der Waals surface area (Å²) in [5, 5.41) is 6.90. The average molecular weight is 662 g/mol. The fourth-order valence-corrected chi connectivity index (χ4v) is 5.92. The maximum atomic E-state index is 14.5. The molecule has 1 aliphatic rings. The van der Waals surface area contributed by atoms with Crippen molar-refractivity contribution in [2.45, 2.75) is 97.4 Å². The normalized spacial score (nSPS) is 16.8. The Labute approximate surface area is 279 Å². The Morgan fingerprint density at radius 2 is 1.43 bits per heavy atom. The van der Waals surface area contributed by atoms with Crippen LogP contribution in [0.3, 0.4) is 0 Å². The van der Waals surface area contributed by atoms with E-state index in [4.69, 9.17) is 19.9 Å². The molecule has 47 heavy (non-hydrogen) atoms. The molecule has 0 spiro atoms. The van der Waals surface area contributed by atoms with Gasteiger partial charge in [-0.2, -0.15) is 0 Å². The molecule has 2 rings (SSSR count).